The van der Waals surface area contributed by atoms with E-state index < -0.39 is 11.7 Å². The highest BCUT2D eigenvalue weighted by Crippen LogP contribution is 2.06. The Morgan fingerprint density at radius 1 is 0.550 bits per heavy atom. The van der Waals surface area contributed by atoms with Crippen LogP contribution in [-0.4, -0.2) is 137 Å². The first kappa shape index (κ1) is 38.9. The van der Waals surface area contributed by atoms with E-state index in [4.69, 9.17) is 47.4 Å². The number of ether oxygens (including phenoxy) is 10. The first-order valence-electron chi connectivity index (χ1n) is 14.5. The van der Waals surface area contributed by atoms with Gasteiger partial charge in [-0.3, -0.25) is 0 Å². The van der Waals surface area contributed by atoms with E-state index >= 15 is 0 Å². The number of amides is 1. The fraction of sp³-hybridized carbons (Fsp3) is 0.964. The summed E-state index contributed by atoms with van der Waals surface area (Å²) in [6, 6.07) is 0. The van der Waals surface area contributed by atoms with Gasteiger partial charge in [-0.05, 0) is 26.7 Å². The lowest BCUT2D eigenvalue weighted by atomic mass is 10.1. The highest BCUT2D eigenvalue weighted by molar-refractivity contribution is 5.67. The third kappa shape index (κ3) is 33.1. The minimum Gasteiger partial charge on any atom is -0.444 e. The molecule has 0 rings (SSSR count). The molecule has 0 bridgehead atoms. The second-order valence-corrected chi connectivity index (χ2v) is 9.92. The summed E-state index contributed by atoms with van der Waals surface area (Å²) in [6.45, 7) is 19.7. The van der Waals surface area contributed by atoms with Gasteiger partial charge in [0, 0.05) is 13.2 Å². The fourth-order valence-electron chi connectivity index (χ4n) is 2.70. The van der Waals surface area contributed by atoms with Gasteiger partial charge >= 0.3 is 6.09 Å². The highest BCUT2D eigenvalue weighted by Gasteiger charge is 2.15. The Hall–Kier alpha value is -1.09. The molecule has 0 aliphatic carbocycles. The van der Waals surface area contributed by atoms with Gasteiger partial charge in [0.1, 0.15) is 5.60 Å². The Morgan fingerprint density at radius 3 is 1.15 bits per heavy atom. The predicted octanol–water partition coefficient (Wildman–Crippen LogP) is 2.71. The molecule has 0 saturated heterocycles. The SMILES string of the molecule is CCC(C)COCCOCCOCCOCCOCCOCCOCCOCCOCCNC(=O)OC(C)(C)C. The molecule has 1 atom stereocenters. The number of carbonyl (C=O) groups is 1. The quantitative estimate of drug-likeness (QED) is 0.126. The average Bonchev–Trinajstić information content (AvgIpc) is 2.91. The fourth-order valence-corrected chi connectivity index (χ4v) is 2.70. The van der Waals surface area contributed by atoms with Crippen LogP contribution in [0.4, 0.5) is 4.79 Å². The maximum Gasteiger partial charge on any atom is 0.407 e. The zero-order valence-corrected chi connectivity index (χ0v) is 25.7. The second-order valence-electron chi connectivity index (χ2n) is 9.92. The number of hydrogen-bond acceptors (Lipinski definition) is 11. The monoisotopic (exact) mass is 583 g/mol. The van der Waals surface area contributed by atoms with Gasteiger partial charge in [-0.2, -0.15) is 0 Å². The van der Waals surface area contributed by atoms with E-state index in [0.29, 0.717) is 125 Å². The molecule has 1 unspecified atom stereocenters. The first-order chi connectivity index (χ1) is 19.3. The topological polar surface area (TPSA) is 121 Å². The van der Waals surface area contributed by atoms with E-state index in [0.717, 1.165) is 13.0 Å². The second kappa shape index (κ2) is 29.4. The van der Waals surface area contributed by atoms with Crippen LogP contribution in [0.1, 0.15) is 41.0 Å². The van der Waals surface area contributed by atoms with Crippen molar-refractivity contribution in [3.05, 3.63) is 0 Å². The van der Waals surface area contributed by atoms with Gasteiger partial charge in [0.2, 0.25) is 0 Å². The lowest BCUT2D eigenvalue weighted by molar-refractivity contribution is -0.0255. The Kier molecular flexibility index (Phi) is 28.6. The minimum atomic E-state index is -0.506. The molecule has 0 spiro atoms. The summed E-state index contributed by atoms with van der Waals surface area (Å²) in [6.07, 6.45) is 0.683. The third-order valence-corrected chi connectivity index (χ3v) is 4.99. The van der Waals surface area contributed by atoms with Gasteiger partial charge < -0.3 is 52.7 Å². The lowest BCUT2D eigenvalue weighted by Gasteiger charge is -2.19. The number of hydrogen-bond donors (Lipinski definition) is 1. The van der Waals surface area contributed by atoms with Crippen molar-refractivity contribution in [2.24, 2.45) is 5.92 Å². The molecule has 0 aromatic heterocycles. The molecule has 0 heterocycles. The zero-order valence-electron chi connectivity index (χ0n) is 25.7. The summed E-state index contributed by atoms with van der Waals surface area (Å²) in [5, 5.41) is 2.63. The van der Waals surface area contributed by atoms with Crippen molar-refractivity contribution in [1.29, 1.82) is 0 Å². The molecular formula is C28H57NO11. The van der Waals surface area contributed by atoms with Gasteiger partial charge in [0.15, 0.2) is 0 Å². The summed E-state index contributed by atoms with van der Waals surface area (Å²) in [5.41, 5.74) is -0.506. The number of carbonyl (C=O) groups excluding carboxylic acids is 1. The van der Waals surface area contributed by atoms with Crippen LogP contribution >= 0.6 is 0 Å². The van der Waals surface area contributed by atoms with E-state index in [9.17, 15) is 4.79 Å². The summed E-state index contributed by atoms with van der Waals surface area (Å²) in [7, 11) is 0. The maximum atomic E-state index is 11.5. The molecule has 0 aliphatic heterocycles. The van der Waals surface area contributed by atoms with E-state index in [2.05, 4.69) is 19.2 Å². The Bertz CT molecular complexity index is 535. The molecule has 1 amide bonds. The molecule has 0 aromatic rings. The Balaban J connectivity index is 3.11. The zero-order chi connectivity index (χ0) is 29.6. The van der Waals surface area contributed by atoms with E-state index in [-0.39, 0.29) is 0 Å². The number of alkyl carbamates (subject to hydrolysis) is 1. The van der Waals surface area contributed by atoms with Crippen LogP contribution in [0.3, 0.4) is 0 Å². The van der Waals surface area contributed by atoms with Crippen molar-refractivity contribution in [3.8, 4) is 0 Å². The standard InChI is InChI=1S/C28H57NO11/c1-6-26(2)25-39-24-23-38-22-21-37-20-19-36-18-17-35-16-15-34-14-13-33-12-11-32-10-9-31-8-7-29-27(30)40-28(3,4)5/h26H,6-25H2,1-5H3,(H,29,30). The van der Waals surface area contributed by atoms with Crippen molar-refractivity contribution >= 4 is 6.09 Å². The van der Waals surface area contributed by atoms with Crippen molar-refractivity contribution in [3.63, 3.8) is 0 Å². The summed E-state index contributed by atoms with van der Waals surface area (Å²) < 4.78 is 54.2. The van der Waals surface area contributed by atoms with E-state index in [1.165, 1.54) is 0 Å². The molecule has 12 nitrogen and oxygen atoms in total. The van der Waals surface area contributed by atoms with Crippen LogP contribution in [0.15, 0.2) is 0 Å². The van der Waals surface area contributed by atoms with Crippen LogP contribution in [0.5, 0.6) is 0 Å². The third-order valence-electron chi connectivity index (χ3n) is 4.99. The van der Waals surface area contributed by atoms with Gasteiger partial charge in [-0.25, -0.2) is 4.79 Å². The molecule has 240 valence electrons. The number of rotatable bonds is 30. The Morgan fingerprint density at radius 2 is 0.850 bits per heavy atom. The van der Waals surface area contributed by atoms with Crippen molar-refractivity contribution < 1.29 is 52.2 Å². The smallest absolute Gasteiger partial charge is 0.407 e. The van der Waals surface area contributed by atoms with Crippen LogP contribution in [0.2, 0.25) is 0 Å². The highest BCUT2D eigenvalue weighted by atomic mass is 16.6. The van der Waals surface area contributed by atoms with Gasteiger partial charge in [0.05, 0.1) is 112 Å². The average molecular weight is 584 g/mol. The molecule has 0 radical (unpaired) electrons. The van der Waals surface area contributed by atoms with Crippen LogP contribution in [0.25, 0.3) is 0 Å². The van der Waals surface area contributed by atoms with Gasteiger partial charge in [-0.15, -0.1) is 0 Å². The summed E-state index contributed by atoms with van der Waals surface area (Å²) in [4.78, 5) is 11.5. The molecule has 0 aliphatic rings. The van der Waals surface area contributed by atoms with E-state index in [1.54, 1.807) is 0 Å². The summed E-state index contributed by atoms with van der Waals surface area (Å²) >= 11 is 0. The molecular weight excluding hydrogens is 526 g/mol. The lowest BCUT2D eigenvalue weighted by Crippen LogP contribution is -2.34. The van der Waals surface area contributed by atoms with Crippen molar-refractivity contribution in [2.45, 2.75) is 46.6 Å². The van der Waals surface area contributed by atoms with Crippen LogP contribution in [-0.2, 0) is 47.4 Å². The Labute approximate surface area is 241 Å². The van der Waals surface area contributed by atoms with E-state index in [1.807, 2.05) is 20.8 Å². The molecule has 1 N–H and O–H groups in total. The summed E-state index contributed by atoms with van der Waals surface area (Å²) in [5.74, 6) is 0.596. The van der Waals surface area contributed by atoms with Crippen molar-refractivity contribution in [1.82, 2.24) is 5.32 Å². The van der Waals surface area contributed by atoms with Crippen molar-refractivity contribution in [2.75, 3.05) is 125 Å². The van der Waals surface area contributed by atoms with Crippen LogP contribution < -0.4 is 5.32 Å². The first-order valence-corrected chi connectivity index (χ1v) is 14.5. The van der Waals surface area contributed by atoms with Gasteiger partial charge in [-0.1, -0.05) is 20.3 Å². The normalized spacial score (nSPS) is 12.5. The molecule has 0 fully saturated rings. The predicted molar refractivity (Wildman–Crippen MR) is 151 cm³/mol. The maximum absolute atomic E-state index is 11.5. The molecule has 12 heteroatoms. The minimum absolute atomic E-state index is 0.388. The number of nitrogens with one attached hydrogen (secondary N) is 1. The molecule has 0 aromatic carbocycles. The van der Waals surface area contributed by atoms with Gasteiger partial charge in [0.25, 0.3) is 0 Å². The van der Waals surface area contributed by atoms with Crippen LogP contribution in [0, 0.1) is 5.92 Å². The molecule has 0 saturated carbocycles. The molecule has 40 heavy (non-hydrogen) atoms. The largest absolute Gasteiger partial charge is 0.444 e.